The molecule has 0 N–H and O–H groups in total. The normalized spacial score (nSPS) is 8.70. The standard InChI is InChI=1S/C19H19NO4.C3H4.C2H4O/c1-22-12-2-3-13-23-17-10-6-16(7-11-17)19(21)24-18-8-4-15(14-20)5-9-18;1-3-2;1-2-3/h4-11H,2-3,12-13H2,1H3;1H,2H3;2H,1H3. The maximum Gasteiger partial charge on any atom is 0.343 e. The van der Waals surface area contributed by atoms with Crippen molar-refractivity contribution < 1.29 is 23.8 Å². The molecule has 0 bridgehead atoms. The smallest absolute Gasteiger partial charge is 0.343 e. The lowest BCUT2D eigenvalue weighted by molar-refractivity contribution is -0.106. The SMILES string of the molecule is C#CC.CC=O.COCCCCOc1ccc(C(=O)Oc2ccc(C#N)cc2)cc1. The summed E-state index contributed by atoms with van der Waals surface area (Å²) in [7, 11) is 1.68. The quantitative estimate of drug-likeness (QED) is 0.211. The molecule has 0 saturated carbocycles. The molecular weight excluding hydrogens is 382 g/mol. The molecule has 2 aromatic carbocycles. The van der Waals surface area contributed by atoms with Crippen molar-refractivity contribution in [1.29, 1.82) is 5.26 Å². The highest BCUT2D eigenvalue weighted by atomic mass is 16.5. The lowest BCUT2D eigenvalue weighted by Crippen LogP contribution is -2.08. The number of nitrogens with zero attached hydrogens (tertiary/aromatic N) is 1. The number of terminal acetylenes is 1. The first-order chi connectivity index (χ1) is 14.6. The van der Waals surface area contributed by atoms with Gasteiger partial charge in [-0.25, -0.2) is 4.79 Å². The number of nitriles is 1. The third-order valence-corrected chi connectivity index (χ3v) is 3.30. The molecule has 2 rings (SSSR count). The van der Waals surface area contributed by atoms with Crippen LogP contribution in [0.4, 0.5) is 0 Å². The second-order valence-electron chi connectivity index (χ2n) is 5.62. The number of unbranched alkanes of at least 4 members (excludes halogenated alkanes) is 1. The molecule has 6 heteroatoms. The van der Waals surface area contributed by atoms with Gasteiger partial charge in [-0.3, -0.25) is 0 Å². The van der Waals surface area contributed by atoms with Gasteiger partial charge in [0.15, 0.2) is 0 Å². The molecule has 0 aliphatic carbocycles. The molecule has 0 spiro atoms. The van der Waals surface area contributed by atoms with Crippen LogP contribution < -0.4 is 9.47 Å². The Labute approximate surface area is 178 Å². The van der Waals surface area contributed by atoms with Crippen molar-refractivity contribution in [2.45, 2.75) is 26.7 Å². The second-order valence-corrected chi connectivity index (χ2v) is 5.62. The summed E-state index contributed by atoms with van der Waals surface area (Å²) in [5.74, 6) is 2.91. The topological polar surface area (TPSA) is 85.6 Å². The van der Waals surface area contributed by atoms with Crippen molar-refractivity contribution in [3.05, 3.63) is 59.7 Å². The maximum atomic E-state index is 12.1. The van der Waals surface area contributed by atoms with E-state index >= 15 is 0 Å². The minimum absolute atomic E-state index is 0.400. The zero-order valence-corrected chi connectivity index (χ0v) is 17.6. The molecular formula is C24H27NO5. The highest BCUT2D eigenvalue weighted by Gasteiger charge is 2.09. The van der Waals surface area contributed by atoms with E-state index in [-0.39, 0.29) is 0 Å². The first-order valence-corrected chi connectivity index (χ1v) is 9.27. The molecule has 2 aromatic rings. The first kappa shape index (κ1) is 26.4. The van der Waals surface area contributed by atoms with Crippen LogP contribution in [-0.2, 0) is 9.53 Å². The van der Waals surface area contributed by atoms with E-state index in [1.54, 1.807) is 62.6 Å². The van der Waals surface area contributed by atoms with E-state index in [4.69, 9.17) is 24.3 Å². The summed E-state index contributed by atoms with van der Waals surface area (Å²) in [5, 5.41) is 8.74. The predicted octanol–water partition coefficient (Wildman–Crippen LogP) is 4.43. The van der Waals surface area contributed by atoms with E-state index in [0.29, 0.717) is 29.2 Å². The lowest BCUT2D eigenvalue weighted by atomic mass is 10.2. The Morgan fingerprint density at radius 2 is 1.53 bits per heavy atom. The summed E-state index contributed by atoms with van der Waals surface area (Å²) in [6.07, 6.45) is 7.21. The van der Waals surface area contributed by atoms with Crippen LogP contribution in [0.25, 0.3) is 0 Å². The third kappa shape index (κ3) is 12.0. The van der Waals surface area contributed by atoms with Crippen LogP contribution >= 0.6 is 0 Å². The number of carbonyl (C=O) groups excluding carboxylic acids is 2. The van der Waals surface area contributed by atoms with Crippen LogP contribution in [0.3, 0.4) is 0 Å². The summed E-state index contributed by atoms with van der Waals surface area (Å²) < 4.78 is 15.8. The van der Waals surface area contributed by atoms with Crippen LogP contribution in [0, 0.1) is 23.7 Å². The van der Waals surface area contributed by atoms with Gasteiger partial charge in [-0.1, -0.05) is 0 Å². The summed E-state index contributed by atoms with van der Waals surface area (Å²) >= 11 is 0. The molecule has 0 fully saturated rings. The zero-order valence-electron chi connectivity index (χ0n) is 17.6. The number of methoxy groups -OCH3 is 1. The minimum Gasteiger partial charge on any atom is -0.494 e. The highest BCUT2D eigenvalue weighted by molar-refractivity contribution is 5.91. The summed E-state index contributed by atoms with van der Waals surface area (Å²) in [6, 6.07) is 15.2. The number of rotatable bonds is 8. The maximum absolute atomic E-state index is 12.1. The first-order valence-electron chi connectivity index (χ1n) is 9.27. The molecule has 0 radical (unpaired) electrons. The molecule has 0 aliphatic rings. The largest absolute Gasteiger partial charge is 0.494 e. The molecule has 0 unspecified atom stereocenters. The van der Waals surface area contributed by atoms with E-state index in [1.807, 2.05) is 6.07 Å². The lowest BCUT2D eigenvalue weighted by Gasteiger charge is -2.07. The third-order valence-electron chi connectivity index (χ3n) is 3.30. The molecule has 0 saturated heterocycles. The Morgan fingerprint density at radius 1 is 1.03 bits per heavy atom. The summed E-state index contributed by atoms with van der Waals surface area (Å²) in [6.45, 7) is 4.43. The van der Waals surface area contributed by atoms with Crippen molar-refractivity contribution in [3.63, 3.8) is 0 Å². The number of esters is 1. The van der Waals surface area contributed by atoms with Gasteiger partial charge < -0.3 is 19.0 Å². The molecule has 0 heterocycles. The Morgan fingerprint density at radius 3 is 2.03 bits per heavy atom. The number of benzene rings is 2. The van der Waals surface area contributed by atoms with Gasteiger partial charge in [0.2, 0.25) is 0 Å². The molecule has 0 amide bonds. The average molecular weight is 409 g/mol. The minimum atomic E-state index is -0.452. The van der Waals surface area contributed by atoms with E-state index in [2.05, 4.69) is 12.3 Å². The van der Waals surface area contributed by atoms with Crippen LogP contribution in [0.15, 0.2) is 48.5 Å². The monoisotopic (exact) mass is 409 g/mol. The molecule has 6 nitrogen and oxygen atoms in total. The van der Waals surface area contributed by atoms with Crippen LogP contribution in [-0.4, -0.2) is 32.6 Å². The number of carbonyl (C=O) groups is 2. The molecule has 0 aromatic heterocycles. The van der Waals surface area contributed by atoms with Gasteiger partial charge in [0, 0.05) is 13.7 Å². The van der Waals surface area contributed by atoms with Crippen molar-refractivity contribution in [3.8, 4) is 29.9 Å². The highest BCUT2D eigenvalue weighted by Crippen LogP contribution is 2.16. The number of hydrogen-bond donors (Lipinski definition) is 0. The van der Waals surface area contributed by atoms with Crippen LogP contribution in [0.1, 0.15) is 42.6 Å². The Bertz CT molecular complexity index is 815. The molecule has 30 heavy (non-hydrogen) atoms. The van der Waals surface area contributed by atoms with Gasteiger partial charge in [-0.2, -0.15) is 5.26 Å². The van der Waals surface area contributed by atoms with Gasteiger partial charge in [0.05, 0.1) is 23.8 Å². The Balaban J connectivity index is 0.00000125. The molecule has 0 aliphatic heterocycles. The van der Waals surface area contributed by atoms with Crippen molar-refractivity contribution >= 4 is 12.3 Å². The van der Waals surface area contributed by atoms with Crippen molar-refractivity contribution in [1.82, 2.24) is 0 Å². The van der Waals surface area contributed by atoms with Gasteiger partial charge in [-0.05, 0) is 75.2 Å². The number of aldehydes is 1. The van der Waals surface area contributed by atoms with Crippen molar-refractivity contribution in [2.24, 2.45) is 0 Å². The fourth-order valence-corrected chi connectivity index (χ4v) is 1.99. The van der Waals surface area contributed by atoms with Crippen LogP contribution in [0.2, 0.25) is 0 Å². The van der Waals surface area contributed by atoms with Gasteiger partial charge in [0.1, 0.15) is 17.8 Å². The fourth-order valence-electron chi connectivity index (χ4n) is 1.99. The van der Waals surface area contributed by atoms with Gasteiger partial charge >= 0.3 is 5.97 Å². The summed E-state index contributed by atoms with van der Waals surface area (Å²) in [4.78, 5) is 20.9. The van der Waals surface area contributed by atoms with E-state index in [9.17, 15) is 4.79 Å². The Kier molecular flexibility index (Phi) is 15.4. The molecule has 0 atom stereocenters. The van der Waals surface area contributed by atoms with Gasteiger partial charge in [-0.15, -0.1) is 12.3 Å². The average Bonchev–Trinajstić information content (AvgIpc) is 2.76. The van der Waals surface area contributed by atoms with Crippen molar-refractivity contribution in [2.75, 3.05) is 20.3 Å². The van der Waals surface area contributed by atoms with E-state index in [1.165, 1.54) is 6.92 Å². The predicted molar refractivity (Wildman–Crippen MR) is 115 cm³/mol. The van der Waals surface area contributed by atoms with Crippen LogP contribution in [0.5, 0.6) is 11.5 Å². The molecule has 158 valence electrons. The van der Waals surface area contributed by atoms with E-state index in [0.717, 1.165) is 25.7 Å². The number of hydrogen-bond acceptors (Lipinski definition) is 6. The van der Waals surface area contributed by atoms with E-state index < -0.39 is 5.97 Å². The van der Waals surface area contributed by atoms with Gasteiger partial charge in [0.25, 0.3) is 0 Å². The number of ether oxygens (including phenoxy) is 3. The summed E-state index contributed by atoms with van der Waals surface area (Å²) in [5.41, 5.74) is 0.952. The Hall–Kier alpha value is -3.61. The fraction of sp³-hybridized carbons (Fsp3) is 0.292. The second kappa shape index (κ2) is 17.5. The zero-order chi connectivity index (χ0) is 22.6.